The van der Waals surface area contributed by atoms with Crippen molar-refractivity contribution < 1.29 is 94.8 Å². The number of carbonyl (C=O) groups excluding carboxylic acids is 4. The molecule has 4 fully saturated rings. The first-order valence-electron chi connectivity index (χ1n) is 32.0. The lowest BCUT2D eigenvalue weighted by atomic mass is 9.74. The van der Waals surface area contributed by atoms with Crippen LogP contribution in [0.3, 0.4) is 0 Å². The molecule has 0 spiro atoms. The average molecular weight is 1300 g/mol. The number of esters is 2. The van der Waals surface area contributed by atoms with Gasteiger partial charge < -0.3 is 72.5 Å². The van der Waals surface area contributed by atoms with Crippen molar-refractivity contribution in [2.75, 3.05) is 47.6 Å². The minimum absolute atomic E-state index is 0.0130. The monoisotopic (exact) mass is 1300 g/mol. The Labute approximate surface area is 535 Å². The highest BCUT2D eigenvalue weighted by atomic mass is 32.2. The number of Topliss-reactive ketones (excluding diaryl/α,β-unsaturated/α-hetero) is 1. The van der Waals surface area contributed by atoms with Gasteiger partial charge in [0.15, 0.2) is 30.3 Å². The van der Waals surface area contributed by atoms with Crippen LogP contribution in [0.1, 0.15) is 150 Å². The number of nitrogens with zero attached hydrogens (tertiary/aromatic N) is 2. The number of aliphatic hydroxyl groups is 2. The Morgan fingerprint density at radius 1 is 0.811 bits per heavy atom. The number of rotatable bonds is 21. The molecular formula is C65H110N4O20S. The molecule has 1 amide bonds. The third-order valence-corrected chi connectivity index (χ3v) is 19.0. The van der Waals surface area contributed by atoms with Gasteiger partial charge in [0, 0.05) is 76.9 Å². The normalized spacial score (nSPS) is 36.7. The molecule has 0 aliphatic carbocycles. The van der Waals surface area contributed by atoms with E-state index in [1.807, 2.05) is 27.7 Å². The Balaban J connectivity index is 1.72. The number of amides is 1. The maximum absolute atomic E-state index is 16.1. The highest BCUT2D eigenvalue weighted by Crippen LogP contribution is 2.41. The average Bonchev–Trinajstić information content (AvgIpc) is 0.859. The van der Waals surface area contributed by atoms with E-state index in [9.17, 15) is 28.2 Å². The number of sulfonamides is 1. The molecule has 4 aliphatic rings. The van der Waals surface area contributed by atoms with Gasteiger partial charge in [-0.2, -0.15) is 0 Å². The Bertz CT molecular complexity index is 2610. The Morgan fingerprint density at radius 3 is 2.06 bits per heavy atom. The second-order valence-electron chi connectivity index (χ2n) is 28.4. The number of cyclic esters (lactones) is 1. The molecule has 0 radical (unpaired) electrons. The third-order valence-electron chi connectivity index (χ3n) is 17.6. The number of aliphatic hydroxyl groups excluding tert-OH is 2. The van der Waals surface area contributed by atoms with Crippen LogP contribution in [0.4, 0.5) is 4.79 Å². The Hall–Kier alpha value is -3.96. The minimum Gasteiger partial charge on any atom is -0.461 e. The molecule has 4 saturated heterocycles. The van der Waals surface area contributed by atoms with E-state index in [2.05, 4.69) is 47.8 Å². The quantitative estimate of drug-likeness (QED) is 0.0538. The van der Waals surface area contributed by atoms with Gasteiger partial charge in [0.25, 0.3) is 0 Å². The summed E-state index contributed by atoms with van der Waals surface area (Å²) in [5.74, 6) is -8.14. The number of hydrogen-bond acceptors (Lipinski definition) is 22. The summed E-state index contributed by atoms with van der Waals surface area (Å²) < 4.78 is 101. The van der Waals surface area contributed by atoms with Crippen LogP contribution in [0.2, 0.25) is 0 Å². The number of benzene rings is 1. The largest absolute Gasteiger partial charge is 0.461 e. The predicted molar refractivity (Wildman–Crippen MR) is 334 cm³/mol. The Kier molecular flexibility index (Phi) is 28.1. The minimum atomic E-state index is -4.04. The van der Waals surface area contributed by atoms with Gasteiger partial charge in [0.05, 0.1) is 65.1 Å². The van der Waals surface area contributed by atoms with Gasteiger partial charge in [-0.05, 0) is 91.2 Å². The van der Waals surface area contributed by atoms with Crippen LogP contribution in [0.25, 0.3) is 0 Å². The van der Waals surface area contributed by atoms with Crippen molar-refractivity contribution in [1.82, 2.24) is 14.9 Å². The topological polar surface area (TPSA) is 293 Å². The van der Waals surface area contributed by atoms with Gasteiger partial charge in [-0.1, -0.05) is 92.6 Å². The Morgan fingerprint density at radius 2 is 1.46 bits per heavy atom. The first-order valence-corrected chi connectivity index (χ1v) is 33.5. The van der Waals surface area contributed by atoms with E-state index in [1.54, 1.807) is 80.5 Å². The maximum atomic E-state index is 16.1. The zero-order valence-corrected chi connectivity index (χ0v) is 58.1. The zero-order valence-electron chi connectivity index (χ0n) is 57.3. The van der Waals surface area contributed by atoms with E-state index in [0.29, 0.717) is 13.0 Å². The van der Waals surface area contributed by atoms with Crippen molar-refractivity contribution in [3.8, 4) is 0 Å². The summed E-state index contributed by atoms with van der Waals surface area (Å²) >= 11 is 0. The second kappa shape index (κ2) is 32.9. The fourth-order valence-electron chi connectivity index (χ4n) is 13.0. The summed E-state index contributed by atoms with van der Waals surface area (Å²) in [6, 6.07) is 7.70. The highest BCUT2D eigenvalue weighted by Gasteiger charge is 2.53. The summed E-state index contributed by atoms with van der Waals surface area (Å²) in [5.41, 5.74) is -3.25. The molecule has 1 aromatic rings. The molecule has 90 heavy (non-hydrogen) atoms. The maximum Gasteiger partial charge on any atom is 0.408 e. The molecule has 1 unspecified atom stereocenters. The molecule has 4 N–H and O–H groups in total. The van der Waals surface area contributed by atoms with Gasteiger partial charge in [-0.25, -0.2) is 17.9 Å². The van der Waals surface area contributed by atoms with Crippen LogP contribution < -0.4 is 10.0 Å². The molecule has 5 rings (SSSR count). The number of alkyl carbamates (subject to hydrolysis) is 1. The van der Waals surface area contributed by atoms with Gasteiger partial charge in [-0.15, -0.1) is 0 Å². The smallest absolute Gasteiger partial charge is 0.408 e. The summed E-state index contributed by atoms with van der Waals surface area (Å²) in [7, 11) is 0.209. The van der Waals surface area contributed by atoms with Gasteiger partial charge >= 0.3 is 18.0 Å². The number of oxime groups is 1. The molecule has 4 heterocycles. The fraction of sp³-hybridized carbons (Fsp3) is 0.831. The molecule has 0 aromatic heterocycles. The number of nitrogens with one attached hydrogen (secondary N) is 2. The van der Waals surface area contributed by atoms with Crippen molar-refractivity contribution in [3.63, 3.8) is 0 Å². The molecule has 24 nitrogen and oxygen atoms in total. The number of ketones is 1. The number of carbonyl (C=O) groups is 4. The SMILES string of the molecule is CON=C1C[C@@H](C)O[C@@H](O[C@@H]2[C@@H](C)[C@H](O[C@H]3CC(C)N(CC(C)(C)C)C[C@H](C)O3)[C@@H](C)C(=O)O[C@H]([C@@H](C)CO[C@@H]3O[C@H](C)[C@@H](O)[C@@H](OC)[C@H]3OC)[C@H](C)[C@@H](OC(=O)CC(C)C)[C@@H](C)C(=O)[C@@](C)(OC(=O)NC(C)(C)CNS(=O)(=O)c3ccccc3)C[C@@H]2C)[C@@H]1O. The first kappa shape index (κ1) is 76.7. The van der Waals surface area contributed by atoms with E-state index < -0.39 is 160 Å². The zero-order chi connectivity index (χ0) is 67.5. The highest BCUT2D eigenvalue weighted by molar-refractivity contribution is 7.89. The molecule has 22 atom stereocenters. The molecule has 516 valence electrons. The van der Waals surface area contributed by atoms with Gasteiger partial charge in [0.2, 0.25) is 10.0 Å². The van der Waals surface area contributed by atoms with E-state index in [4.69, 9.17) is 56.9 Å². The summed E-state index contributed by atoms with van der Waals surface area (Å²) in [6.07, 6.45) is -14.8. The van der Waals surface area contributed by atoms with Gasteiger partial charge in [0.1, 0.15) is 43.7 Å². The molecule has 0 bridgehead atoms. The van der Waals surface area contributed by atoms with Crippen molar-refractivity contribution >= 4 is 39.6 Å². The van der Waals surface area contributed by atoms with E-state index in [1.165, 1.54) is 40.4 Å². The fourth-order valence-corrected chi connectivity index (χ4v) is 14.2. The van der Waals surface area contributed by atoms with E-state index in [-0.39, 0.29) is 66.5 Å². The number of hydrogen-bond donors (Lipinski definition) is 4. The first-order chi connectivity index (χ1) is 41.9. The predicted octanol–water partition coefficient (Wildman–Crippen LogP) is 7.18. The molecule has 1 aromatic carbocycles. The van der Waals surface area contributed by atoms with Crippen molar-refractivity contribution in [2.45, 2.75) is 258 Å². The van der Waals surface area contributed by atoms with Gasteiger partial charge in [-0.3, -0.25) is 19.3 Å². The molecule has 25 heteroatoms. The molecular weight excluding hydrogens is 1190 g/mol. The second-order valence-corrected chi connectivity index (χ2v) is 30.1. The van der Waals surface area contributed by atoms with Crippen LogP contribution in [0, 0.1) is 46.8 Å². The van der Waals surface area contributed by atoms with E-state index >= 15 is 9.59 Å². The van der Waals surface area contributed by atoms with Crippen LogP contribution >= 0.6 is 0 Å². The third kappa shape index (κ3) is 20.8. The van der Waals surface area contributed by atoms with Crippen LogP contribution in [0.15, 0.2) is 40.4 Å². The lowest BCUT2D eigenvalue weighted by molar-refractivity contribution is -0.305. The van der Waals surface area contributed by atoms with Crippen molar-refractivity contribution in [3.05, 3.63) is 30.3 Å². The number of methoxy groups -OCH3 is 2. The lowest BCUT2D eigenvalue weighted by Crippen LogP contribution is -2.59. The van der Waals surface area contributed by atoms with Crippen molar-refractivity contribution in [1.29, 1.82) is 0 Å². The summed E-state index contributed by atoms with van der Waals surface area (Å²) in [5, 5.41) is 29.9. The summed E-state index contributed by atoms with van der Waals surface area (Å²) in [6.45, 7) is 33.7. The molecule has 0 saturated carbocycles. The number of ether oxygens (including phenoxy) is 11. The van der Waals surface area contributed by atoms with Crippen molar-refractivity contribution in [2.24, 2.45) is 52.0 Å². The van der Waals surface area contributed by atoms with Crippen LogP contribution in [-0.2, 0) is 81.3 Å². The standard InChI is InChI=1S/C65H110N4O20S/c1-35(2)27-48(70)85-54-42(9)53(37(4)32-81-61-57(79-20)56(78-19)50(71)45(12)84-61)87-59(74)44(11)55(86-49-28-38(5)69(31-40(7)82-49)34-63(13,14)15)41(8)52(88-60-51(72)47(68-80-21)29-39(6)83-60)36(3)30-65(18,58(73)43(54)10)89-62(75)67-64(16,17)33-66-90(76,77)46-25-23-22-24-26-46/h22-26,35-45,49-57,60-61,66,71-72H,27-34H2,1-21H3,(H,67,75)/t36-,37-,38?,39+,40-,41+,42-,43+,44+,45+,49-,50+,51+,52-,53+,54+,55-,56+,57+,60-,61+,65-/m0/s1. The molecule has 4 aliphatic heterocycles. The van der Waals surface area contributed by atoms with Crippen LogP contribution in [-0.4, -0.2) is 204 Å². The van der Waals surface area contributed by atoms with E-state index in [0.717, 1.165) is 6.54 Å². The van der Waals surface area contributed by atoms with Crippen LogP contribution in [0.5, 0.6) is 0 Å². The lowest BCUT2D eigenvalue weighted by Gasteiger charge is -2.45. The summed E-state index contributed by atoms with van der Waals surface area (Å²) in [4.78, 5) is 68.2.